The second-order valence-electron chi connectivity index (χ2n) is 7.51. The van der Waals surface area contributed by atoms with E-state index in [0.29, 0.717) is 47.1 Å². The average Bonchev–Trinajstić information content (AvgIpc) is 3.15. The van der Waals surface area contributed by atoms with Crippen LogP contribution in [0, 0.1) is 12.7 Å². The standard InChI is InChI=1S/C23H24FN5O2/c1-14-7-3-4-10-18(14)26-22(31)20-15(2)25-23-27-19(11-6-12-30)28-29(23)21(20)16-8-5-9-17(24)13-16/h3-5,7-10,13,21,30H,6,11-12H2,1-2H3,(H,26,31)(H,25,27,28). The van der Waals surface area contributed by atoms with Gasteiger partial charge in [-0.1, -0.05) is 30.3 Å². The van der Waals surface area contributed by atoms with Gasteiger partial charge in [-0.2, -0.15) is 10.1 Å². The van der Waals surface area contributed by atoms with Crippen LogP contribution in [0.3, 0.4) is 0 Å². The maximum atomic E-state index is 14.1. The third-order valence-corrected chi connectivity index (χ3v) is 5.26. The number of aliphatic hydroxyl groups is 1. The first-order valence-corrected chi connectivity index (χ1v) is 10.1. The van der Waals surface area contributed by atoms with Crippen LogP contribution >= 0.6 is 0 Å². The van der Waals surface area contributed by atoms with Crippen LogP contribution in [0.4, 0.5) is 16.0 Å². The highest BCUT2D eigenvalue weighted by Gasteiger charge is 2.34. The predicted octanol–water partition coefficient (Wildman–Crippen LogP) is 3.58. The molecule has 0 spiro atoms. The topological polar surface area (TPSA) is 92.1 Å². The molecule has 1 unspecified atom stereocenters. The summed E-state index contributed by atoms with van der Waals surface area (Å²) in [6.45, 7) is 3.75. The average molecular weight is 421 g/mol. The zero-order valence-corrected chi connectivity index (χ0v) is 17.4. The van der Waals surface area contributed by atoms with Crippen molar-refractivity contribution in [3.63, 3.8) is 0 Å². The molecule has 1 amide bonds. The van der Waals surface area contributed by atoms with E-state index in [0.717, 1.165) is 5.56 Å². The molecule has 0 saturated carbocycles. The number of aromatic nitrogens is 3. The number of halogens is 1. The number of carbonyl (C=O) groups is 1. The van der Waals surface area contributed by atoms with E-state index in [-0.39, 0.29) is 12.5 Å². The Kier molecular flexibility index (Phi) is 5.81. The number of amides is 1. The number of carbonyl (C=O) groups excluding carboxylic acids is 1. The Labute approximate surface area is 179 Å². The molecule has 0 bridgehead atoms. The lowest BCUT2D eigenvalue weighted by Crippen LogP contribution is -2.31. The first-order chi connectivity index (χ1) is 15.0. The molecule has 1 atom stereocenters. The summed E-state index contributed by atoms with van der Waals surface area (Å²) < 4.78 is 15.7. The van der Waals surface area contributed by atoms with Gasteiger partial charge in [-0.15, -0.1) is 0 Å². The van der Waals surface area contributed by atoms with Crippen molar-refractivity contribution in [3.8, 4) is 0 Å². The number of nitrogens with zero attached hydrogens (tertiary/aromatic N) is 3. The van der Waals surface area contributed by atoms with Crippen LogP contribution in [0.2, 0.25) is 0 Å². The van der Waals surface area contributed by atoms with E-state index in [2.05, 4.69) is 20.7 Å². The molecule has 7 nitrogen and oxygen atoms in total. The van der Waals surface area contributed by atoms with Gasteiger partial charge in [0.05, 0.1) is 5.57 Å². The number of hydrogen-bond donors (Lipinski definition) is 3. The summed E-state index contributed by atoms with van der Waals surface area (Å²) in [4.78, 5) is 17.9. The molecule has 0 fully saturated rings. The van der Waals surface area contributed by atoms with Gasteiger partial charge in [0.1, 0.15) is 11.9 Å². The van der Waals surface area contributed by atoms with Crippen LogP contribution in [0.1, 0.15) is 36.3 Å². The van der Waals surface area contributed by atoms with Crippen LogP contribution < -0.4 is 10.6 Å². The SMILES string of the molecule is CC1=C(C(=O)Nc2ccccc2C)C(c2cccc(F)c2)n2nc(CCCO)nc2N1. The Balaban J connectivity index is 1.77. The molecule has 3 N–H and O–H groups in total. The number of aryl methyl sites for hydroxylation is 2. The molecule has 1 aromatic heterocycles. The Morgan fingerprint density at radius 2 is 2.03 bits per heavy atom. The summed E-state index contributed by atoms with van der Waals surface area (Å²) in [7, 11) is 0. The number of hydrogen-bond acceptors (Lipinski definition) is 5. The molecule has 4 rings (SSSR count). The molecule has 160 valence electrons. The van der Waals surface area contributed by atoms with Crippen molar-refractivity contribution in [3.05, 3.63) is 82.6 Å². The Morgan fingerprint density at radius 1 is 1.23 bits per heavy atom. The number of rotatable bonds is 6. The minimum atomic E-state index is -0.647. The lowest BCUT2D eigenvalue weighted by molar-refractivity contribution is -0.113. The highest BCUT2D eigenvalue weighted by atomic mass is 19.1. The van der Waals surface area contributed by atoms with Crippen LogP contribution in [-0.2, 0) is 11.2 Å². The van der Waals surface area contributed by atoms with Gasteiger partial charge in [0.25, 0.3) is 5.91 Å². The van der Waals surface area contributed by atoms with E-state index < -0.39 is 11.9 Å². The highest BCUT2D eigenvalue weighted by Crippen LogP contribution is 2.36. The fourth-order valence-electron chi connectivity index (χ4n) is 3.72. The van der Waals surface area contributed by atoms with Gasteiger partial charge in [-0.3, -0.25) is 4.79 Å². The number of fused-ring (bicyclic) bond motifs is 1. The summed E-state index contributed by atoms with van der Waals surface area (Å²) in [5, 5.41) is 19.8. The van der Waals surface area contributed by atoms with Gasteiger partial charge in [0.15, 0.2) is 5.82 Å². The maximum absolute atomic E-state index is 14.1. The fourth-order valence-corrected chi connectivity index (χ4v) is 3.72. The van der Waals surface area contributed by atoms with Crippen LogP contribution in [-0.4, -0.2) is 32.4 Å². The molecule has 2 heterocycles. The van der Waals surface area contributed by atoms with Crippen molar-refractivity contribution in [1.82, 2.24) is 14.8 Å². The maximum Gasteiger partial charge on any atom is 0.255 e. The van der Waals surface area contributed by atoms with Gasteiger partial charge in [0, 0.05) is 24.4 Å². The summed E-state index contributed by atoms with van der Waals surface area (Å²) >= 11 is 0. The molecule has 0 saturated heterocycles. The number of aliphatic hydroxyl groups excluding tert-OH is 1. The van der Waals surface area contributed by atoms with Gasteiger partial charge in [0.2, 0.25) is 5.95 Å². The zero-order chi connectivity index (χ0) is 22.0. The summed E-state index contributed by atoms with van der Waals surface area (Å²) in [6.07, 6.45) is 1.03. The van der Waals surface area contributed by atoms with Gasteiger partial charge >= 0.3 is 0 Å². The number of para-hydroxylation sites is 1. The summed E-state index contributed by atoms with van der Waals surface area (Å²) in [6, 6.07) is 13.0. The van der Waals surface area contributed by atoms with Crippen molar-refractivity contribution >= 4 is 17.5 Å². The van der Waals surface area contributed by atoms with Crippen LogP contribution in [0.25, 0.3) is 0 Å². The minimum absolute atomic E-state index is 0.0337. The van der Waals surface area contributed by atoms with E-state index in [4.69, 9.17) is 5.11 Å². The second kappa shape index (κ2) is 8.69. The first-order valence-electron chi connectivity index (χ1n) is 10.1. The van der Waals surface area contributed by atoms with Crippen molar-refractivity contribution in [1.29, 1.82) is 0 Å². The lowest BCUT2D eigenvalue weighted by atomic mass is 9.95. The van der Waals surface area contributed by atoms with Crippen molar-refractivity contribution in [2.24, 2.45) is 0 Å². The normalized spacial score (nSPS) is 15.4. The van der Waals surface area contributed by atoms with Gasteiger partial charge in [-0.05, 0) is 49.6 Å². The van der Waals surface area contributed by atoms with Crippen molar-refractivity contribution < 1.29 is 14.3 Å². The third-order valence-electron chi connectivity index (χ3n) is 5.26. The number of allylic oxidation sites excluding steroid dienone is 1. The number of anilines is 2. The quantitative estimate of drug-likeness (QED) is 0.566. The molecule has 31 heavy (non-hydrogen) atoms. The number of benzene rings is 2. The summed E-state index contributed by atoms with van der Waals surface area (Å²) in [5.41, 5.74) is 3.29. The molecular formula is C23H24FN5O2. The summed E-state index contributed by atoms with van der Waals surface area (Å²) in [5.74, 6) is 0.333. The highest BCUT2D eigenvalue weighted by molar-refractivity contribution is 6.06. The molecule has 1 aliphatic rings. The number of nitrogens with one attached hydrogen (secondary N) is 2. The van der Waals surface area contributed by atoms with Gasteiger partial charge < -0.3 is 15.7 Å². The lowest BCUT2D eigenvalue weighted by Gasteiger charge is -2.29. The molecule has 0 radical (unpaired) electrons. The van der Waals surface area contributed by atoms with E-state index in [1.807, 2.05) is 31.2 Å². The van der Waals surface area contributed by atoms with E-state index in [1.165, 1.54) is 12.1 Å². The third kappa shape index (κ3) is 4.20. The van der Waals surface area contributed by atoms with E-state index >= 15 is 0 Å². The Morgan fingerprint density at radius 3 is 2.77 bits per heavy atom. The molecule has 8 heteroatoms. The smallest absolute Gasteiger partial charge is 0.255 e. The van der Waals surface area contributed by atoms with Crippen molar-refractivity contribution in [2.75, 3.05) is 17.2 Å². The zero-order valence-electron chi connectivity index (χ0n) is 17.4. The molecule has 2 aromatic carbocycles. The minimum Gasteiger partial charge on any atom is -0.396 e. The molecule has 1 aliphatic heterocycles. The molecule has 3 aromatic rings. The largest absolute Gasteiger partial charge is 0.396 e. The Hall–Kier alpha value is -3.52. The second-order valence-corrected chi connectivity index (χ2v) is 7.51. The molecular weight excluding hydrogens is 397 g/mol. The van der Waals surface area contributed by atoms with E-state index in [1.54, 1.807) is 23.7 Å². The monoisotopic (exact) mass is 421 g/mol. The Bertz CT molecular complexity index is 1150. The van der Waals surface area contributed by atoms with Gasteiger partial charge in [-0.25, -0.2) is 9.07 Å². The first kappa shape index (κ1) is 20.7. The fraction of sp³-hybridized carbons (Fsp3) is 0.261. The van der Waals surface area contributed by atoms with Crippen LogP contribution in [0.15, 0.2) is 59.8 Å². The van der Waals surface area contributed by atoms with E-state index in [9.17, 15) is 9.18 Å². The van der Waals surface area contributed by atoms with Crippen molar-refractivity contribution in [2.45, 2.75) is 32.7 Å². The molecule has 0 aliphatic carbocycles. The van der Waals surface area contributed by atoms with Crippen LogP contribution in [0.5, 0.6) is 0 Å². The predicted molar refractivity (Wildman–Crippen MR) is 116 cm³/mol.